The Morgan fingerprint density at radius 2 is 2.00 bits per heavy atom. The van der Waals surface area contributed by atoms with Crippen LogP contribution < -0.4 is 5.32 Å². The maximum Gasteiger partial charge on any atom is 0.253 e. The van der Waals surface area contributed by atoms with Crippen LogP contribution in [-0.4, -0.2) is 35.6 Å². The van der Waals surface area contributed by atoms with Crippen molar-refractivity contribution in [1.29, 1.82) is 0 Å². The first kappa shape index (κ1) is 15.4. The third kappa shape index (κ3) is 3.29. The number of benzene rings is 1. The van der Waals surface area contributed by atoms with E-state index in [0.717, 1.165) is 29.4 Å². The third-order valence-corrected chi connectivity index (χ3v) is 5.32. The van der Waals surface area contributed by atoms with E-state index in [9.17, 15) is 9.59 Å². The summed E-state index contributed by atoms with van der Waals surface area (Å²) >= 11 is 1.66. The van der Waals surface area contributed by atoms with Crippen LogP contribution in [0.2, 0.25) is 0 Å². The molecule has 1 aromatic rings. The molecule has 118 valence electrons. The summed E-state index contributed by atoms with van der Waals surface area (Å²) in [5.74, 6) is 1.97. The summed E-state index contributed by atoms with van der Waals surface area (Å²) in [6.07, 6.45) is 1.70. The smallest absolute Gasteiger partial charge is 0.253 e. The first-order chi connectivity index (χ1) is 10.5. The van der Waals surface area contributed by atoms with Gasteiger partial charge in [-0.25, -0.2) is 0 Å². The van der Waals surface area contributed by atoms with Crippen molar-refractivity contribution >= 4 is 29.3 Å². The Bertz CT molecular complexity index is 592. The van der Waals surface area contributed by atoms with Gasteiger partial charge in [-0.05, 0) is 36.5 Å². The maximum atomic E-state index is 12.8. The molecule has 3 rings (SSSR count). The van der Waals surface area contributed by atoms with Crippen LogP contribution in [0.3, 0.4) is 0 Å². The van der Waals surface area contributed by atoms with Gasteiger partial charge in [-0.2, -0.15) is 0 Å². The number of hydrogen-bond acceptors (Lipinski definition) is 3. The number of nitrogens with one attached hydrogen (secondary N) is 1. The number of fused-ring (bicyclic) bond motifs is 1. The average molecular weight is 318 g/mol. The molecule has 1 N–H and O–H groups in total. The molecule has 2 unspecified atom stereocenters. The molecule has 0 aromatic heterocycles. The minimum absolute atomic E-state index is 0.0241. The molecule has 2 atom stereocenters. The molecule has 22 heavy (non-hydrogen) atoms. The van der Waals surface area contributed by atoms with Gasteiger partial charge in [-0.15, -0.1) is 11.8 Å². The van der Waals surface area contributed by atoms with Crippen molar-refractivity contribution in [2.45, 2.75) is 31.6 Å². The van der Waals surface area contributed by atoms with Crippen LogP contribution in [0, 0.1) is 11.8 Å². The lowest BCUT2D eigenvalue weighted by atomic mass is 9.91. The Labute approximate surface area is 135 Å². The second kappa shape index (κ2) is 6.32. The highest BCUT2D eigenvalue weighted by Crippen LogP contribution is 2.32. The van der Waals surface area contributed by atoms with Crippen molar-refractivity contribution < 1.29 is 9.59 Å². The van der Waals surface area contributed by atoms with E-state index in [0.29, 0.717) is 23.8 Å². The van der Waals surface area contributed by atoms with Crippen LogP contribution in [0.25, 0.3) is 0 Å². The molecular formula is C17H22N2O2S. The zero-order valence-electron chi connectivity index (χ0n) is 13.1. The fraction of sp³-hybridized carbons (Fsp3) is 0.529. The lowest BCUT2D eigenvalue weighted by Crippen LogP contribution is -2.42. The number of hydrogen-bond donors (Lipinski definition) is 1. The fourth-order valence-electron chi connectivity index (χ4n) is 3.36. The van der Waals surface area contributed by atoms with E-state index >= 15 is 0 Å². The molecule has 0 radical (unpaired) electrons. The van der Waals surface area contributed by atoms with E-state index in [1.165, 1.54) is 6.42 Å². The Kier molecular flexibility index (Phi) is 4.43. The van der Waals surface area contributed by atoms with Crippen molar-refractivity contribution in [1.82, 2.24) is 4.90 Å². The monoisotopic (exact) mass is 318 g/mol. The summed E-state index contributed by atoms with van der Waals surface area (Å²) in [7, 11) is 0. The molecular weight excluding hydrogens is 296 g/mol. The largest absolute Gasteiger partial charge is 0.338 e. The molecule has 2 heterocycles. The molecule has 2 amide bonds. The molecule has 2 aliphatic rings. The SMILES string of the molecule is CC1CC(C)CN(C(=O)c2ccc3c(c2)NC(=O)CCS3)C1. The van der Waals surface area contributed by atoms with Gasteiger partial charge in [0.25, 0.3) is 5.91 Å². The number of amides is 2. The molecule has 2 aliphatic heterocycles. The minimum Gasteiger partial charge on any atom is -0.338 e. The highest BCUT2D eigenvalue weighted by molar-refractivity contribution is 7.99. The number of piperidine rings is 1. The number of carbonyl (C=O) groups is 2. The van der Waals surface area contributed by atoms with E-state index < -0.39 is 0 Å². The normalized spacial score (nSPS) is 25.2. The van der Waals surface area contributed by atoms with Gasteiger partial charge in [0.2, 0.25) is 5.91 Å². The molecule has 0 aliphatic carbocycles. The summed E-state index contributed by atoms with van der Waals surface area (Å²) in [5, 5.41) is 2.91. The fourth-order valence-corrected chi connectivity index (χ4v) is 4.30. The van der Waals surface area contributed by atoms with E-state index in [4.69, 9.17) is 0 Å². The molecule has 0 bridgehead atoms. The lowest BCUT2D eigenvalue weighted by molar-refractivity contribution is -0.115. The third-order valence-electron chi connectivity index (χ3n) is 4.24. The van der Waals surface area contributed by atoms with Gasteiger partial charge < -0.3 is 10.2 Å². The van der Waals surface area contributed by atoms with Gasteiger partial charge in [-0.1, -0.05) is 13.8 Å². The number of thioether (sulfide) groups is 1. The van der Waals surface area contributed by atoms with Crippen LogP contribution >= 0.6 is 11.8 Å². The predicted molar refractivity (Wildman–Crippen MR) is 89.3 cm³/mol. The van der Waals surface area contributed by atoms with Crippen molar-refractivity contribution in [3.05, 3.63) is 23.8 Å². The molecule has 0 spiro atoms. The van der Waals surface area contributed by atoms with Crippen molar-refractivity contribution in [3.8, 4) is 0 Å². The Morgan fingerprint density at radius 1 is 1.27 bits per heavy atom. The highest BCUT2D eigenvalue weighted by Gasteiger charge is 2.26. The van der Waals surface area contributed by atoms with Gasteiger partial charge in [0.15, 0.2) is 0 Å². The Morgan fingerprint density at radius 3 is 2.73 bits per heavy atom. The van der Waals surface area contributed by atoms with Gasteiger partial charge >= 0.3 is 0 Å². The summed E-state index contributed by atoms with van der Waals surface area (Å²) in [6, 6.07) is 5.67. The standard InChI is InChI=1S/C17H22N2O2S/c1-11-7-12(2)10-19(9-11)17(21)13-3-4-15-14(8-13)18-16(20)5-6-22-15/h3-4,8,11-12H,5-7,9-10H2,1-2H3,(H,18,20). The molecule has 1 aromatic carbocycles. The zero-order valence-corrected chi connectivity index (χ0v) is 13.9. The van der Waals surface area contributed by atoms with Gasteiger partial charge in [0.05, 0.1) is 5.69 Å². The van der Waals surface area contributed by atoms with Gasteiger partial charge in [-0.3, -0.25) is 9.59 Å². The van der Waals surface area contributed by atoms with Crippen LogP contribution in [-0.2, 0) is 4.79 Å². The van der Waals surface area contributed by atoms with E-state index in [2.05, 4.69) is 19.2 Å². The summed E-state index contributed by atoms with van der Waals surface area (Å²) < 4.78 is 0. The van der Waals surface area contributed by atoms with E-state index in [1.54, 1.807) is 11.8 Å². The molecule has 1 saturated heterocycles. The van der Waals surface area contributed by atoms with E-state index in [1.807, 2.05) is 23.1 Å². The highest BCUT2D eigenvalue weighted by atomic mass is 32.2. The van der Waals surface area contributed by atoms with E-state index in [-0.39, 0.29) is 11.8 Å². The zero-order chi connectivity index (χ0) is 15.7. The van der Waals surface area contributed by atoms with Crippen molar-refractivity contribution in [3.63, 3.8) is 0 Å². The maximum absolute atomic E-state index is 12.8. The molecule has 4 nitrogen and oxygen atoms in total. The molecule has 5 heteroatoms. The molecule has 1 fully saturated rings. The second-order valence-electron chi connectivity index (χ2n) is 6.51. The molecule has 0 saturated carbocycles. The lowest BCUT2D eigenvalue weighted by Gasteiger charge is -2.35. The number of rotatable bonds is 1. The summed E-state index contributed by atoms with van der Waals surface area (Å²) in [6.45, 7) is 6.04. The topological polar surface area (TPSA) is 49.4 Å². The van der Waals surface area contributed by atoms with Crippen LogP contribution in [0.1, 0.15) is 37.0 Å². The Hall–Kier alpha value is -1.49. The average Bonchev–Trinajstić information content (AvgIpc) is 2.65. The Balaban J connectivity index is 1.82. The van der Waals surface area contributed by atoms with Crippen molar-refractivity contribution in [2.75, 3.05) is 24.2 Å². The summed E-state index contributed by atoms with van der Waals surface area (Å²) in [5.41, 5.74) is 1.44. The first-order valence-corrected chi connectivity index (χ1v) is 8.87. The summed E-state index contributed by atoms with van der Waals surface area (Å²) in [4.78, 5) is 27.4. The van der Waals surface area contributed by atoms with Gasteiger partial charge in [0.1, 0.15) is 0 Å². The van der Waals surface area contributed by atoms with Crippen LogP contribution in [0.4, 0.5) is 5.69 Å². The van der Waals surface area contributed by atoms with Crippen molar-refractivity contribution in [2.24, 2.45) is 11.8 Å². The quantitative estimate of drug-likeness (QED) is 0.865. The number of carbonyl (C=O) groups excluding carboxylic acids is 2. The van der Waals surface area contributed by atoms with Crippen LogP contribution in [0.5, 0.6) is 0 Å². The minimum atomic E-state index is 0.0241. The van der Waals surface area contributed by atoms with Crippen LogP contribution in [0.15, 0.2) is 23.1 Å². The number of anilines is 1. The van der Waals surface area contributed by atoms with Gasteiger partial charge in [0, 0.05) is 35.7 Å². The number of nitrogens with zero attached hydrogens (tertiary/aromatic N) is 1. The predicted octanol–water partition coefficient (Wildman–Crippen LogP) is 3.24. The second-order valence-corrected chi connectivity index (χ2v) is 7.65. The first-order valence-electron chi connectivity index (χ1n) is 7.89. The number of likely N-dealkylation sites (tertiary alicyclic amines) is 1.